The molecule has 0 radical (unpaired) electrons. The SMILES string of the molecule is c1ccc(-c2nc(-c3ccccc3)nc(-c3cc(-c4ccc5sc6cc7ccccc7cc6c5c4)cc4c3c3ccccc3n4-c3ccccc3)n2)cc1. The fraction of sp³-hybridized carbons (Fsp3) is 0. The number of fused-ring (bicyclic) bond motifs is 7. The zero-order chi connectivity index (χ0) is 35.6. The molecule has 0 unspecified atom stereocenters. The summed E-state index contributed by atoms with van der Waals surface area (Å²) in [7, 11) is 0. The predicted molar refractivity (Wildman–Crippen MR) is 226 cm³/mol. The van der Waals surface area contributed by atoms with Crippen LogP contribution in [0.3, 0.4) is 0 Å². The molecule has 4 nitrogen and oxygen atoms in total. The van der Waals surface area contributed by atoms with Crippen LogP contribution in [0.25, 0.3) is 104 Å². The minimum absolute atomic E-state index is 0.638. The molecule has 8 aromatic carbocycles. The van der Waals surface area contributed by atoms with Crippen molar-refractivity contribution in [3.8, 4) is 51.0 Å². The molecule has 0 bridgehead atoms. The number of rotatable bonds is 5. The lowest BCUT2D eigenvalue weighted by Gasteiger charge is -2.13. The van der Waals surface area contributed by atoms with Crippen LogP contribution in [-0.2, 0) is 0 Å². The molecule has 0 amide bonds. The highest BCUT2D eigenvalue weighted by Gasteiger charge is 2.22. The highest BCUT2D eigenvalue weighted by atomic mass is 32.1. The average Bonchev–Trinajstić information content (AvgIpc) is 3.78. The quantitative estimate of drug-likeness (QED) is 0.179. The first-order chi connectivity index (χ1) is 26.7. The standard InChI is InChI=1S/C49H30N4S/c1-4-14-31(15-5-1)47-50-48(32-16-6-2-7-17-32)52-49(51-47)41-28-36(29-43-46(41)38-22-12-13-23-42(38)53(43)37-20-8-3-9-21-37)35-24-25-44-39(27-35)40-26-33-18-10-11-19-34(33)30-45(40)54-44/h1-30H. The maximum absolute atomic E-state index is 5.25. The summed E-state index contributed by atoms with van der Waals surface area (Å²) in [6, 6.07) is 64.5. The minimum Gasteiger partial charge on any atom is -0.309 e. The molecule has 5 heteroatoms. The van der Waals surface area contributed by atoms with E-state index in [1.807, 2.05) is 47.7 Å². The van der Waals surface area contributed by atoms with E-state index in [4.69, 9.17) is 15.0 Å². The summed E-state index contributed by atoms with van der Waals surface area (Å²) < 4.78 is 4.95. The number of para-hydroxylation sites is 2. The lowest BCUT2D eigenvalue weighted by atomic mass is 9.96. The monoisotopic (exact) mass is 706 g/mol. The summed E-state index contributed by atoms with van der Waals surface area (Å²) in [5.74, 6) is 1.92. The highest BCUT2D eigenvalue weighted by molar-refractivity contribution is 7.25. The van der Waals surface area contributed by atoms with E-state index < -0.39 is 0 Å². The van der Waals surface area contributed by atoms with Crippen LogP contribution in [0.15, 0.2) is 182 Å². The number of aromatic nitrogens is 4. The molecule has 11 rings (SSSR count). The molecular weight excluding hydrogens is 677 g/mol. The van der Waals surface area contributed by atoms with Gasteiger partial charge in [0.05, 0.1) is 11.0 Å². The fourth-order valence-electron chi connectivity index (χ4n) is 7.87. The number of hydrogen-bond acceptors (Lipinski definition) is 4. The van der Waals surface area contributed by atoms with Crippen LogP contribution in [0.1, 0.15) is 0 Å². The van der Waals surface area contributed by atoms with Gasteiger partial charge < -0.3 is 4.57 Å². The van der Waals surface area contributed by atoms with Gasteiger partial charge in [0.2, 0.25) is 0 Å². The van der Waals surface area contributed by atoms with Crippen molar-refractivity contribution >= 4 is 64.1 Å². The molecule has 3 aromatic heterocycles. The van der Waals surface area contributed by atoms with Crippen molar-refractivity contribution in [2.45, 2.75) is 0 Å². The summed E-state index contributed by atoms with van der Waals surface area (Å²) in [6.07, 6.45) is 0. The predicted octanol–water partition coefficient (Wildman–Crippen LogP) is 13.2. The van der Waals surface area contributed by atoms with Gasteiger partial charge >= 0.3 is 0 Å². The molecule has 0 aliphatic rings. The summed E-state index contributed by atoms with van der Waals surface area (Å²) in [6.45, 7) is 0. The maximum atomic E-state index is 5.25. The number of benzene rings is 8. The molecule has 0 fully saturated rings. The molecule has 11 aromatic rings. The number of nitrogens with zero attached hydrogens (tertiary/aromatic N) is 4. The second-order valence-corrected chi connectivity index (χ2v) is 14.7. The van der Waals surface area contributed by atoms with Crippen LogP contribution >= 0.6 is 11.3 Å². The first-order valence-corrected chi connectivity index (χ1v) is 18.9. The van der Waals surface area contributed by atoms with Crippen LogP contribution in [-0.4, -0.2) is 19.5 Å². The molecular formula is C49H30N4S. The molecule has 0 saturated heterocycles. The smallest absolute Gasteiger partial charge is 0.164 e. The fourth-order valence-corrected chi connectivity index (χ4v) is 8.98. The molecule has 0 aliphatic carbocycles. The maximum Gasteiger partial charge on any atom is 0.164 e. The van der Waals surface area contributed by atoms with Gasteiger partial charge in [0.15, 0.2) is 17.5 Å². The zero-order valence-electron chi connectivity index (χ0n) is 29.0. The molecule has 54 heavy (non-hydrogen) atoms. The Bertz CT molecular complexity index is 3140. The van der Waals surface area contributed by atoms with Gasteiger partial charge in [0.25, 0.3) is 0 Å². The van der Waals surface area contributed by atoms with E-state index in [-0.39, 0.29) is 0 Å². The third-order valence-electron chi connectivity index (χ3n) is 10.4. The lowest BCUT2D eigenvalue weighted by molar-refractivity contribution is 1.08. The van der Waals surface area contributed by atoms with Crippen molar-refractivity contribution < 1.29 is 0 Å². The number of hydrogen-bond donors (Lipinski definition) is 0. The second kappa shape index (κ2) is 12.3. The molecule has 3 heterocycles. The highest BCUT2D eigenvalue weighted by Crippen LogP contribution is 2.43. The minimum atomic E-state index is 0.638. The van der Waals surface area contributed by atoms with Crippen molar-refractivity contribution in [2.24, 2.45) is 0 Å². The molecule has 0 spiro atoms. The molecule has 0 N–H and O–H groups in total. The van der Waals surface area contributed by atoms with E-state index in [0.717, 1.165) is 55.3 Å². The van der Waals surface area contributed by atoms with Crippen LogP contribution in [0.5, 0.6) is 0 Å². The molecule has 0 atom stereocenters. The van der Waals surface area contributed by atoms with Gasteiger partial charge in [0, 0.05) is 53.3 Å². The van der Waals surface area contributed by atoms with E-state index in [2.05, 4.69) is 150 Å². The third-order valence-corrected chi connectivity index (χ3v) is 11.5. The molecule has 0 aliphatic heterocycles. The lowest BCUT2D eigenvalue weighted by Crippen LogP contribution is -2.01. The Kier molecular flexibility index (Phi) is 7.00. The van der Waals surface area contributed by atoms with Crippen molar-refractivity contribution in [3.05, 3.63) is 182 Å². The molecule has 252 valence electrons. The largest absolute Gasteiger partial charge is 0.309 e. The van der Waals surface area contributed by atoms with Crippen molar-refractivity contribution in [3.63, 3.8) is 0 Å². The first kappa shape index (κ1) is 30.7. The summed E-state index contributed by atoms with van der Waals surface area (Å²) in [5, 5.41) is 7.32. The Hall–Kier alpha value is -6.95. The zero-order valence-corrected chi connectivity index (χ0v) is 29.8. The Labute approximate surface area is 315 Å². The van der Waals surface area contributed by atoms with Crippen LogP contribution in [0.4, 0.5) is 0 Å². The van der Waals surface area contributed by atoms with E-state index in [0.29, 0.717) is 17.5 Å². The van der Waals surface area contributed by atoms with Crippen LogP contribution < -0.4 is 0 Å². The second-order valence-electron chi connectivity index (χ2n) is 13.7. The van der Waals surface area contributed by atoms with Crippen molar-refractivity contribution in [1.29, 1.82) is 0 Å². The summed E-state index contributed by atoms with van der Waals surface area (Å²) >= 11 is 1.85. The Morgan fingerprint density at radius 2 is 0.963 bits per heavy atom. The van der Waals surface area contributed by atoms with E-state index in [1.165, 1.54) is 30.9 Å². The van der Waals surface area contributed by atoms with Gasteiger partial charge in [-0.05, 0) is 76.5 Å². The van der Waals surface area contributed by atoms with Crippen LogP contribution in [0, 0.1) is 0 Å². The van der Waals surface area contributed by atoms with Gasteiger partial charge in [0.1, 0.15) is 0 Å². The first-order valence-electron chi connectivity index (χ1n) is 18.1. The third kappa shape index (κ3) is 5.01. The topological polar surface area (TPSA) is 43.6 Å². The summed E-state index contributed by atoms with van der Waals surface area (Å²) in [4.78, 5) is 15.5. The van der Waals surface area contributed by atoms with Crippen molar-refractivity contribution in [2.75, 3.05) is 0 Å². The Morgan fingerprint density at radius 3 is 1.69 bits per heavy atom. The van der Waals surface area contributed by atoms with Crippen LogP contribution in [0.2, 0.25) is 0 Å². The van der Waals surface area contributed by atoms with Gasteiger partial charge in [-0.3, -0.25) is 0 Å². The summed E-state index contributed by atoms with van der Waals surface area (Å²) in [5.41, 5.74) is 8.42. The normalized spacial score (nSPS) is 11.7. The van der Waals surface area contributed by atoms with Gasteiger partial charge in [-0.2, -0.15) is 0 Å². The van der Waals surface area contributed by atoms with E-state index in [1.54, 1.807) is 0 Å². The van der Waals surface area contributed by atoms with E-state index >= 15 is 0 Å². The van der Waals surface area contributed by atoms with Gasteiger partial charge in [-0.25, -0.2) is 15.0 Å². The van der Waals surface area contributed by atoms with Gasteiger partial charge in [-0.15, -0.1) is 11.3 Å². The Morgan fingerprint density at radius 1 is 0.370 bits per heavy atom. The number of thiophene rings is 1. The average molecular weight is 707 g/mol. The van der Waals surface area contributed by atoms with Crippen molar-refractivity contribution in [1.82, 2.24) is 19.5 Å². The molecule has 0 saturated carbocycles. The van der Waals surface area contributed by atoms with Gasteiger partial charge in [-0.1, -0.05) is 127 Å². The Balaban J connectivity index is 1.23. The van der Waals surface area contributed by atoms with E-state index in [9.17, 15) is 0 Å².